The van der Waals surface area contributed by atoms with Gasteiger partial charge in [-0.05, 0) is 26.0 Å². The number of hydrogen-bond acceptors (Lipinski definition) is 5. The Labute approximate surface area is 129 Å². The van der Waals surface area contributed by atoms with Crippen LogP contribution in [-0.4, -0.2) is 21.8 Å². The molecule has 1 aromatic heterocycles. The Morgan fingerprint density at radius 1 is 1.43 bits per heavy atom. The van der Waals surface area contributed by atoms with Crippen LogP contribution >= 0.6 is 23.4 Å². The summed E-state index contributed by atoms with van der Waals surface area (Å²) in [5.74, 6) is -0.437. The van der Waals surface area contributed by atoms with E-state index >= 15 is 0 Å². The molecule has 0 bridgehead atoms. The number of hydrogen-bond donors (Lipinski definition) is 0. The molecule has 21 heavy (non-hydrogen) atoms. The number of ketones is 1. The van der Waals surface area contributed by atoms with Crippen molar-refractivity contribution in [2.24, 2.45) is 0 Å². The zero-order chi connectivity index (χ0) is 15.6. The molecule has 110 valence electrons. The highest BCUT2D eigenvalue weighted by atomic mass is 35.5. The van der Waals surface area contributed by atoms with Crippen molar-refractivity contribution in [3.8, 4) is 11.3 Å². The number of halogens is 2. The predicted molar refractivity (Wildman–Crippen MR) is 79.1 cm³/mol. The minimum absolute atomic E-state index is 0.0165. The fourth-order valence-electron chi connectivity index (χ4n) is 1.75. The molecule has 0 fully saturated rings. The monoisotopic (exact) mass is 327 g/mol. The van der Waals surface area contributed by atoms with Crippen molar-refractivity contribution in [2.45, 2.75) is 13.8 Å². The molecule has 2 rings (SSSR count). The minimum Gasteiger partial charge on any atom is -0.360 e. The van der Waals surface area contributed by atoms with Crippen LogP contribution in [0, 0.1) is 12.7 Å². The van der Waals surface area contributed by atoms with Crippen LogP contribution in [0.15, 0.2) is 22.7 Å². The lowest BCUT2D eigenvalue weighted by atomic mass is 10.1. The SMILES string of the molecule is CC(=O)CSC(=O)c1c(-c2c(F)cccc2Cl)noc1C. The van der Waals surface area contributed by atoms with E-state index in [2.05, 4.69) is 5.16 Å². The van der Waals surface area contributed by atoms with Crippen LogP contribution < -0.4 is 0 Å². The number of carbonyl (C=O) groups is 2. The summed E-state index contributed by atoms with van der Waals surface area (Å²) < 4.78 is 19.0. The number of benzene rings is 1. The summed E-state index contributed by atoms with van der Waals surface area (Å²) in [5.41, 5.74) is 0.202. The number of Topliss-reactive ketones (excluding diaryl/α,β-unsaturated/α-hetero) is 1. The van der Waals surface area contributed by atoms with Crippen LogP contribution in [-0.2, 0) is 4.79 Å². The molecular formula is C14H11ClFNO3S. The van der Waals surface area contributed by atoms with Gasteiger partial charge in [0.2, 0.25) is 5.12 Å². The van der Waals surface area contributed by atoms with E-state index in [9.17, 15) is 14.0 Å². The van der Waals surface area contributed by atoms with Gasteiger partial charge in [0.05, 0.1) is 21.9 Å². The summed E-state index contributed by atoms with van der Waals surface area (Å²) in [6, 6.07) is 4.18. The molecule has 0 N–H and O–H groups in total. The molecule has 0 saturated carbocycles. The molecule has 0 unspecified atom stereocenters. The van der Waals surface area contributed by atoms with Crippen LogP contribution in [0.3, 0.4) is 0 Å². The second-order valence-corrected chi connectivity index (χ2v) is 5.69. The van der Waals surface area contributed by atoms with Crippen molar-refractivity contribution in [3.05, 3.63) is 40.4 Å². The van der Waals surface area contributed by atoms with Gasteiger partial charge in [-0.2, -0.15) is 0 Å². The van der Waals surface area contributed by atoms with Crippen molar-refractivity contribution in [3.63, 3.8) is 0 Å². The standard InChI is InChI=1S/C14H11ClFNO3S/c1-7(18)6-21-14(19)11-8(2)20-17-13(11)12-9(15)4-3-5-10(12)16/h3-5H,6H2,1-2H3. The first-order chi connectivity index (χ1) is 9.91. The molecule has 0 aliphatic heterocycles. The van der Waals surface area contributed by atoms with Gasteiger partial charge in [0.1, 0.15) is 23.1 Å². The number of rotatable bonds is 4. The largest absolute Gasteiger partial charge is 0.360 e. The van der Waals surface area contributed by atoms with E-state index < -0.39 is 10.9 Å². The van der Waals surface area contributed by atoms with E-state index in [1.807, 2.05) is 0 Å². The van der Waals surface area contributed by atoms with Crippen molar-refractivity contribution >= 4 is 34.3 Å². The van der Waals surface area contributed by atoms with E-state index in [4.69, 9.17) is 16.1 Å². The predicted octanol–water partition coefficient (Wildman–Crippen LogP) is 3.90. The molecule has 0 aliphatic carbocycles. The Bertz CT molecular complexity index is 694. The van der Waals surface area contributed by atoms with Gasteiger partial charge in [-0.1, -0.05) is 34.6 Å². The molecule has 1 aromatic carbocycles. The Balaban J connectivity index is 2.48. The van der Waals surface area contributed by atoms with Crippen molar-refractivity contribution in [1.82, 2.24) is 5.16 Å². The first-order valence-electron chi connectivity index (χ1n) is 5.99. The second kappa shape index (κ2) is 6.41. The zero-order valence-electron chi connectivity index (χ0n) is 11.3. The zero-order valence-corrected chi connectivity index (χ0v) is 12.8. The lowest BCUT2D eigenvalue weighted by Gasteiger charge is -2.04. The number of carbonyl (C=O) groups excluding carboxylic acids is 2. The van der Waals surface area contributed by atoms with E-state index in [1.54, 1.807) is 6.92 Å². The molecule has 0 radical (unpaired) electrons. The number of nitrogens with zero attached hydrogens (tertiary/aromatic N) is 1. The van der Waals surface area contributed by atoms with Gasteiger partial charge in [-0.25, -0.2) is 4.39 Å². The lowest BCUT2D eigenvalue weighted by Crippen LogP contribution is -2.03. The number of aryl methyl sites for hydroxylation is 1. The molecule has 0 aliphatic rings. The smallest absolute Gasteiger partial charge is 0.225 e. The molecule has 4 nitrogen and oxygen atoms in total. The maximum Gasteiger partial charge on any atom is 0.225 e. The third-order valence-corrected chi connectivity index (χ3v) is 4.01. The first-order valence-corrected chi connectivity index (χ1v) is 7.35. The van der Waals surface area contributed by atoms with E-state index in [0.29, 0.717) is 0 Å². The highest BCUT2D eigenvalue weighted by molar-refractivity contribution is 8.14. The highest BCUT2D eigenvalue weighted by Gasteiger charge is 2.25. The van der Waals surface area contributed by atoms with Crippen LogP contribution in [0.2, 0.25) is 5.02 Å². The van der Waals surface area contributed by atoms with E-state index in [0.717, 1.165) is 11.8 Å². The molecule has 7 heteroatoms. The summed E-state index contributed by atoms with van der Waals surface area (Å²) in [5, 5.41) is 3.47. The number of aromatic nitrogens is 1. The quantitative estimate of drug-likeness (QED) is 0.852. The van der Waals surface area contributed by atoms with Gasteiger partial charge >= 0.3 is 0 Å². The fourth-order valence-corrected chi connectivity index (χ4v) is 2.72. The Morgan fingerprint density at radius 2 is 2.14 bits per heavy atom. The van der Waals surface area contributed by atoms with Gasteiger partial charge in [-0.3, -0.25) is 9.59 Å². The Morgan fingerprint density at radius 3 is 2.76 bits per heavy atom. The molecule has 0 atom stereocenters. The lowest BCUT2D eigenvalue weighted by molar-refractivity contribution is -0.114. The summed E-state index contributed by atoms with van der Waals surface area (Å²) in [6.45, 7) is 2.93. The van der Waals surface area contributed by atoms with Crippen LogP contribution in [0.1, 0.15) is 23.0 Å². The molecule has 0 amide bonds. The topological polar surface area (TPSA) is 60.2 Å². The third-order valence-electron chi connectivity index (χ3n) is 2.67. The minimum atomic E-state index is -0.596. The van der Waals surface area contributed by atoms with Crippen molar-refractivity contribution in [2.75, 3.05) is 5.75 Å². The first kappa shape index (κ1) is 15.7. The van der Waals surface area contributed by atoms with Crippen LogP contribution in [0.5, 0.6) is 0 Å². The number of thioether (sulfide) groups is 1. The summed E-state index contributed by atoms with van der Waals surface area (Å²) in [6.07, 6.45) is 0. The highest BCUT2D eigenvalue weighted by Crippen LogP contribution is 2.34. The molecule has 0 saturated heterocycles. The van der Waals surface area contributed by atoms with Gasteiger partial charge in [0.25, 0.3) is 0 Å². The normalized spacial score (nSPS) is 10.7. The average Bonchev–Trinajstić information content (AvgIpc) is 2.78. The van der Waals surface area contributed by atoms with Crippen molar-refractivity contribution < 1.29 is 18.5 Å². The van der Waals surface area contributed by atoms with Gasteiger partial charge in [0, 0.05) is 0 Å². The summed E-state index contributed by atoms with van der Waals surface area (Å²) in [4.78, 5) is 23.2. The summed E-state index contributed by atoms with van der Waals surface area (Å²) in [7, 11) is 0. The fraction of sp³-hybridized carbons (Fsp3) is 0.214. The second-order valence-electron chi connectivity index (χ2n) is 4.34. The maximum atomic E-state index is 14.0. The molecule has 1 heterocycles. The summed E-state index contributed by atoms with van der Waals surface area (Å²) >= 11 is 6.81. The van der Waals surface area contributed by atoms with Crippen LogP contribution in [0.4, 0.5) is 4.39 Å². The van der Waals surface area contributed by atoms with E-state index in [-0.39, 0.29) is 39.1 Å². The molecular weight excluding hydrogens is 317 g/mol. The third kappa shape index (κ3) is 3.33. The van der Waals surface area contributed by atoms with Crippen molar-refractivity contribution in [1.29, 1.82) is 0 Å². The Hall–Kier alpha value is -1.66. The molecule has 0 spiro atoms. The van der Waals surface area contributed by atoms with Gasteiger partial charge in [-0.15, -0.1) is 0 Å². The Kier molecular flexibility index (Phi) is 4.80. The average molecular weight is 328 g/mol. The van der Waals surface area contributed by atoms with Gasteiger partial charge in [0.15, 0.2) is 0 Å². The van der Waals surface area contributed by atoms with Crippen LogP contribution in [0.25, 0.3) is 11.3 Å². The van der Waals surface area contributed by atoms with Gasteiger partial charge < -0.3 is 4.52 Å². The molecule has 2 aromatic rings. The van der Waals surface area contributed by atoms with E-state index in [1.165, 1.54) is 25.1 Å². The maximum absolute atomic E-state index is 14.0.